The number of hydrogen-bond acceptors (Lipinski definition) is 4. The first kappa shape index (κ1) is 13.6. The Kier molecular flexibility index (Phi) is 3.99. The predicted molar refractivity (Wildman–Crippen MR) is 73.1 cm³/mol. The molecule has 100 valence electrons. The van der Waals surface area contributed by atoms with Crippen LogP contribution < -0.4 is 4.74 Å². The van der Waals surface area contributed by atoms with Gasteiger partial charge in [0.25, 0.3) is 0 Å². The molecule has 3 aromatic rings. The van der Waals surface area contributed by atoms with Crippen molar-refractivity contribution >= 4 is 11.1 Å². The van der Waals surface area contributed by atoms with Crippen molar-refractivity contribution in [3.05, 3.63) is 60.0 Å². The first-order chi connectivity index (χ1) is 9.35. The van der Waals surface area contributed by atoms with Crippen LogP contribution >= 0.6 is 0 Å². The maximum Gasteiger partial charge on any atom is 0.181 e. The van der Waals surface area contributed by atoms with Gasteiger partial charge in [-0.05, 0) is 42.0 Å². The number of rotatable bonds is 3. The van der Waals surface area contributed by atoms with Crippen LogP contribution in [0.2, 0.25) is 0 Å². The Hall–Kier alpha value is -2.84. The number of oxazole rings is 1. The molecule has 3 rings (SSSR count). The highest BCUT2D eigenvalue weighted by Gasteiger charge is 2.01. The summed E-state index contributed by atoms with van der Waals surface area (Å²) in [7, 11) is 0. The minimum absolute atomic E-state index is 0. The van der Waals surface area contributed by atoms with Gasteiger partial charge in [-0.2, -0.15) is 5.26 Å². The van der Waals surface area contributed by atoms with Crippen LogP contribution in [0.3, 0.4) is 0 Å². The van der Waals surface area contributed by atoms with Crippen molar-refractivity contribution in [1.29, 1.82) is 5.26 Å². The molecule has 5 nitrogen and oxygen atoms in total. The minimum atomic E-state index is 0. The Bertz CT molecular complexity index is 742. The minimum Gasteiger partial charge on any atom is -0.489 e. The molecule has 2 N–H and O–H groups in total. The first-order valence-corrected chi connectivity index (χ1v) is 5.80. The van der Waals surface area contributed by atoms with Crippen LogP contribution in [0, 0.1) is 11.3 Å². The zero-order chi connectivity index (χ0) is 13.1. The third kappa shape index (κ3) is 2.76. The van der Waals surface area contributed by atoms with Crippen LogP contribution in [0.1, 0.15) is 11.1 Å². The van der Waals surface area contributed by atoms with Gasteiger partial charge in [0.05, 0.1) is 11.6 Å². The van der Waals surface area contributed by atoms with Crippen LogP contribution in [0.4, 0.5) is 0 Å². The second-order valence-electron chi connectivity index (χ2n) is 4.08. The average molecular weight is 268 g/mol. The summed E-state index contributed by atoms with van der Waals surface area (Å²) in [6.07, 6.45) is 1.43. The van der Waals surface area contributed by atoms with E-state index in [1.54, 1.807) is 24.3 Å². The van der Waals surface area contributed by atoms with Gasteiger partial charge in [-0.15, -0.1) is 0 Å². The lowest BCUT2D eigenvalue weighted by atomic mass is 10.2. The maximum absolute atomic E-state index is 8.71. The van der Waals surface area contributed by atoms with E-state index in [1.165, 1.54) is 6.39 Å². The van der Waals surface area contributed by atoms with Crippen molar-refractivity contribution in [3.63, 3.8) is 0 Å². The van der Waals surface area contributed by atoms with E-state index in [4.69, 9.17) is 14.4 Å². The van der Waals surface area contributed by atoms with Gasteiger partial charge in [-0.1, -0.05) is 6.07 Å². The Morgan fingerprint density at radius 1 is 1.15 bits per heavy atom. The molecule has 1 aromatic heterocycles. The molecule has 0 fully saturated rings. The molecule has 0 atom stereocenters. The van der Waals surface area contributed by atoms with Gasteiger partial charge in [-0.25, -0.2) is 4.98 Å². The maximum atomic E-state index is 8.71. The topological polar surface area (TPSA) is 90.5 Å². The van der Waals surface area contributed by atoms with Gasteiger partial charge in [0.2, 0.25) is 0 Å². The molecule has 0 radical (unpaired) electrons. The third-order valence-electron chi connectivity index (χ3n) is 2.78. The summed E-state index contributed by atoms with van der Waals surface area (Å²) in [4.78, 5) is 4.06. The Morgan fingerprint density at radius 2 is 1.95 bits per heavy atom. The summed E-state index contributed by atoms with van der Waals surface area (Å²) in [5.74, 6) is 0.733. The smallest absolute Gasteiger partial charge is 0.181 e. The molecule has 1 heterocycles. The van der Waals surface area contributed by atoms with Gasteiger partial charge in [0.15, 0.2) is 12.0 Å². The SMILES string of the molecule is N#Cc1ccc(OCc2ccc3ncoc3c2)cc1.O. The lowest BCUT2D eigenvalue weighted by Gasteiger charge is -2.05. The summed E-state index contributed by atoms with van der Waals surface area (Å²) in [5.41, 5.74) is 3.21. The van der Waals surface area contributed by atoms with Crippen molar-refractivity contribution < 1.29 is 14.6 Å². The fourth-order valence-corrected chi connectivity index (χ4v) is 1.78. The lowest BCUT2D eigenvalue weighted by molar-refractivity contribution is 0.306. The Labute approximate surface area is 115 Å². The van der Waals surface area contributed by atoms with Gasteiger partial charge < -0.3 is 14.6 Å². The molecule has 0 aliphatic rings. The van der Waals surface area contributed by atoms with E-state index in [9.17, 15) is 0 Å². The summed E-state index contributed by atoms with van der Waals surface area (Å²) in [6.45, 7) is 0.447. The molecule has 2 aromatic carbocycles. The van der Waals surface area contributed by atoms with Crippen molar-refractivity contribution in [2.75, 3.05) is 0 Å². The molecule has 0 bridgehead atoms. The molecule has 0 spiro atoms. The van der Waals surface area contributed by atoms with Gasteiger partial charge in [0, 0.05) is 0 Å². The van der Waals surface area contributed by atoms with E-state index >= 15 is 0 Å². The van der Waals surface area contributed by atoms with Gasteiger partial charge in [0.1, 0.15) is 17.9 Å². The molecule has 5 heteroatoms. The standard InChI is InChI=1S/C15H10N2O2.H2O/c16-8-11-1-4-13(5-2-11)18-9-12-3-6-14-15(7-12)19-10-17-14;/h1-7,10H,9H2;1H2. The van der Waals surface area contributed by atoms with E-state index in [2.05, 4.69) is 11.1 Å². The second kappa shape index (κ2) is 5.87. The summed E-state index contributed by atoms with van der Waals surface area (Å²) < 4.78 is 10.9. The molecule has 0 saturated carbocycles. The Morgan fingerprint density at radius 3 is 2.70 bits per heavy atom. The molecule has 0 amide bonds. The third-order valence-corrected chi connectivity index (χ3v) is 2.78. The molecule has 0 aliphatic carbocycles. The highest BCUT2D eigenvalue weighted by Crippen LogP contribution is 2.17. The highest BCUT2D eigenvalue weighted by molar-refractivity contribution is 5.72. The van der Waals surface area contributed by atoms with E-state index in [-0.39, 0.29) is 5.48 Å². The predicted octanol–water partition coefficient (Wildman–Crippen LogP) is 2.45. The zero-order valence-electron chi connectivity index (χ0n) is 10.5. The Balaban J connectivity index is 0.00000147. The van der Waals surface area contributed by atoms with E-state index in [0.717, 1.165) is 22.4 Å². The van der Waals surface area contributed by atoms with Crippen LogP contribution in [-0.2, 0) is 6.61 Å². The molecular formula is C15H12N2O3. The van der Waals surface area contributed by atoms with Crippen LogP contribution in [0.25, 0.3) is 11.1 Å². The number of fused-ring (bicyclic) bond motifs is 1. The molecule has 0 saturated heterocycles. The molecule has 0 aliphatic heterocycles. The van der Waals surface area contributed by atoms with E-state index in [1.807, 2.05) is 18.2 Å². The van der Waals surface area contributed by atoms with Crippen LogP contribution in [-0.4, -0.2) is 10.5 Å². The van der Waals surface area contributed by atoms with Crippen molar-refractivity contribution in [1.82, 2.24) is 4.98 Å². The molecule has 0 unspecified atom stereocenters. The average Bonchev–Trinajstić information content (AvgIpc) is 2.93. The number of benzene rings is 2. The largest absolute Gasteiger partial charge is 0.489 e. The quantitative estimate of drug-likeness (QED) is 0.729. The number of ether oxygens (including phenoxy) is 1. The van der Waals surface area contributed by atoms with E-state index in [0.29, 0.717) is 12.2 Å². The monoisotopic (exact) mass is 268 g/mol. The van der Waals surface area contributed by atoms with Crippen molar-refractivity contribution in [3.8, 4) is 11.8 Å². The van der Waals surface area contributed by atoms with Gasteiger partial charge in [-0.3, -0.25) is 0 Å². The number of hydrogen-bond donors (Lipinski definition) is 0. The number of nitrogens with zero attached hydrogens (tertiary/aromatic N) is 2. The molecule has 20 heavy (non-hydrogen) atoms. The summed E-state index contributed by atoms with van der Waals surface area (Å²) >= 11 is 0. The fraction of sp³-hybridized carbons (Fsp3) is 0.0667. The normalized spacial score (nSPS) is 9.75. The molecular weight excluding hydrogens is 256 g/mol. The van der Waals surface area contributed by atoms with E-state index < -0.39 is 0 Å². The van der Waals surface area contributed by atoms with Crippen molar-refractivity contribution in [2.45, 2.75) is 6.61 Å². The van der Waals surface area contributed by atoms with Crippen LogP contribution in [0.5, 0.6) is 5.75 Å². The number of nitriles is 1. The first-order valence-electron chi connectivity index (χ1n) is 5.80. The summed E-state index contributed by atoms with van der Waals surface area (Å²) in [6, 6.07) is 14.9. The van der Waals surface area contributed by atoms with Gasteiger partial charge >= 0.3 is 0 Å². The highest BCUT2D eigenvalue weighted by atomic mass is 16.5. The lowest BCUT2D eigenvalue weighted by Crippen LogP contribution is -1.95. The zero-order valence-corrected chi connectivity index (χ0v) is 10.5. The summed E-state index contributed by atoms with van der Waals surface area (Å²) in [5, 5.41) is 8.71. The second-order valence-corrected chi connectivity index (χ2v) is 4.08. The van der Waals surface area contributed by atoms with Crippen LogP contribution in [0.15, 0.2) is 53.3 Å². The fourth-order valence-electron chi connectivity index (χ4n) is 1.78. The van der Waals surface area contributed by atoms with Crippen molar-refractivity contribution in [2.24, 2.45) is 0 Å². The number of aromatic nitrogens is 1.